The van der Waals surface area contributed by atoms with E-state index in [2.05, 4.69) is 19.1 Å². The molecule has 1 unspecified atom stereocenters. The van der Waals surface area contributed by atoms with Crippen molar-refractivity contribution in [3.8, 4) is 0 Å². The fourth-order valence-corrected chi connectivity index (χ4v) is 3.50. The van der Waals surface area contributed by atoms with E-state index in [4.69, 9.17) is 10.5 Å². The number of ether oxygens (including phenoxy) is 1. The number of halogens is 1. The summed E-state index contributed by atoms with van der Waals surface area (Å²) in [4.78, 5) is 12.2. The highest BCUT2D eigenvalue weighted by Gasteiger charge is 2.36. The van der Waals surface area contributed by atoms with E-state index in [-0.39, 0.29) is 6.67 Å². The van der Waals surface area contributed by atoms with Gasteiger partial charge in [0.2, 0.25) is 0 Å². The van der Waals surface area contributed by atoms with Crippen LogP contribution in [0.5, 0.6) is 0 Å². The van der Waals surface area contributed by atoms with E-state index in [1.165, 1.54) is 12.7 Å². The number of benzene rings is 1. The van der Waals surface area contributed by atoms with E-state index in [0.29, 0.717) is 12.0 Å². The minimum absolute atomic E-state index is 0.291. The molecule has 1 aromatic carbocycles. The van der Waals surface area contributed by atoms with Gasteiger partial charge in [-0.3, -0.25) is 4.39 Å². The van der Waals surface area contributed by atoms with Gasteiger partial charge in [-0.05, 0) is 61.0 Å². The summed E-state index contributed by atoms with van der Waals surface area (Å²) in [5.41, 5.74) is 10.4. The standard InChI is InChI=1S/C22H28FNO2/c1-4-17(18-12-6-5-10-16(18)11-7-8-15-23)19-13-9-14-20(21(25)26-3)22(19,2)24/h5-6,9-10,12-14H,4,7-8,11,15,24H2,1-3H3. The summed E-state index contributed by atoms with van der Waals surface area (Å²) in [6.07, 6.45) is 8.51. The van der Waals surface area contributed by atoms with Gasteiger partial charge in [0.1, 0.15) is 0 Å². The second kappa shape index (κ2) is 8.95. The van der Waals surface area contributed by atoms with Gasteiger partial charge >= 0.3 is 5.97 Å². The molecule has 4 heteroatoms. The quantitative estimate of drug-likeness (QED) is 0.576. The van der Waals surface area contributed by atoms with Crippen LogP contribution in [0, 0.1) is 0 Å². The number of unbranched alkanes of at least 4 members (excludes halogenated alkanes) is 1. The summed E-state index contributed by atoms with van der Waals surface area (Å²) in [5, 5.41) is 0. The number of aryl methyl sites for hydroxylation is 1. The fraction of sp³-hybridized carbons (Fsp3) is 0.409. The lowest BCUT2D eigenvalue weighted by Gasteiger charge is -2.33. The molecule has 0 spiro atoms. The molecular formula is C22H28FNO2. The third kappa shape index (κ3) is 4.13. The molecule has 0 radical (unpaired) electrons. The molecule has 2 rings (SSSR count). The largest absolute Gasteiger partial charge is 0.466 e. The van der Waals surface area contributed by atoms with Crippen molar-refractivity contribution >= 4 is 11.5 Å². The number of carbonyl (C=O) groups is 1. The van der Waals surface area contributed by atoms with Gasteiger partial charge in [0.15, 0.2) is 0 Å². The van der Waals surface area contributed by atoms with E-state index >= 15 is 0 Å². The average Bonchev–Trinajstić information content (AvgIpc) is 2.64. The van der Waals surface area contributed by atoms with Crippen molar-refractivity contribution in [2.75, 3.05) is 13.8 Å². The summed E-state index contributed by atoms with van der Waals surface area (Å²) >= 11 is 0. The van der Waals surface area contributed by atoms with Gasteiger partial charge in [-0.15, -0.1) is 0 Å². The van der Waals surface area contributed by atoms with Crippen molar-refractivity contribution in [2.24, 2.45) is 5.73 Å². The normalized spacial score (nSPS) is 21.3. The molecular weight excluding hydrogens is 329 g/mol. The third-order valence-corrected chi connectivity index (χ3v) is 4.90. The Morgan fingerprint density at radius 1 is 1.27 bits per heavy atom. The predicted octanol–water partition coefficient (Wildman–Crippen LogP) is 4.53. The Morgan fingerprint density at radius 2 is 2.00 bits per heavy atom. The summed E-state index contributed by atoms with van der Waals surface area (Å²) in [5.74, 6) is -0.413. The maximum absolute atomic E-state index is 12.5. The molecule has 1 aliphatic rings. The molecule has 0 bridgehead atoms. The zero-order valence-electron chi connectivity index (χ0n) is 15.8. The van der Waals surface area contributed by atoms with Crippen LogP contribution >= 0.6 is 0 Å². The first kappa shape index (κ1) is 20.1. The van der Waals surface area contributed by atoms with Gasteiger partial charge in [-0.1, -0.05) is 43.3 Å². The predicted molar refractivity (Wildman–Crippen MR) is 104 cm³/mol. The van der Waals surface area contributed by atoms with Crippen molar-refractivity contribution in [1.82, 2.24) is 0 Å². The lowest BCUT2D eigenvalue weighted by molar-refractivity contribution is -0.136. The van der Waals surface area contributed by atoms with Crippen LogP contribution in [0.2, 0.25) is 0 Å². The topological polar surface area (TPSA) is 52.3 Å². The van der Waals surface area contributed by atoms with Crippen molar-refractivity contribution < 1.29 is 13.9 Å². The number of allylic oxidation sites excluding steroid dienone is 3. The van der Waals surface area contributed by atoms with Crippen LogP contribution in [-0.2, 0) is 16.0 Å². The molecule has 0 saturated carbocycles. The maximum atomic E-state index is 12.5. The van der Waals surface area contributed by atoms with E-state index in [1.54, 1.807) is 6.08 Å². The van der Waals surface area contributed by atoms with E-state index in [9.17, 15) is 9.18 Å². The first-order valence-corrected chi connectivity index (χ1v) is 9.11. The molecule has 0 amide bonds. The second-order valence-electron chi connectivity index (χ2n) is 6.68. The van der Waals surface area contributed by atoms with Crippen molar-refractivity contribution in [1.29, 1.82) is 0 Å². The molecule has 26 heavy (non-hydrogen) atoms. The minimum atomic E-state index is -0.931. The van der Waals surface area contributed by atoms with Crippen LogP contribution in [0.1, 0.15) is 44.2 Å². The van der Waals surface area contributed by atoms with Gasteiger partial charge < -0.3 is 10.5 Å². The molecule has 0 aliphatic heterocycles. The van der Waals surface area contributed by atoms with Gasteiger partial charge in [-0.2, -0.15) is 0 Å². The molecule has 0 aromatic heterocycles. The molecule has 0 saturated heterocycles. The molecule has 2 N–H and O–H groups in total. The highest BCUT2D eigenvalue weighted by Crippen LogP contribution is 2.37. The van der Waals surface area contributed by atoms with Gasteiger partial charge in [0.25, 0.3) is 0 Å². The first-order valence-electron chi connectivity index (χ1n) is 9.11. The Bertz CT molecular complexity index is 744. The van der Waals surface area contributed by atoms with Crippen LogP contribution in [0.15, 0.2) is 53.6 Å². The molecule has 1 atom stereocenters. The number of esters is 1. The molecule has 1 aromatic rings. The van der Waals surface area contributed by atoms with Crippen LogP contribution < -0.4 is 5.73 Å². The van der Waals surface area contributed by atoms with Gasteiger partial charge in [-0.25, -0.2) is 4.79 Å². The minimum Gasteiger partial charge on any atom is -0.466 e. The SMILES string of the molecule is CCC(=C1C=CC=C(C(=O)OC)C1(C)N)c1ccccc1CCCCF. The fourth-order valence-electron chi connectivity index (χ4n) is 3.50. The van der Waals surface area contributed by atoms with Gasteiger partial charge in [0.05, 0.1) is 24.9 Å². The van der Waals surface area contributed by atoms with Crippen molar-refractivity contribution in [3.05, 3.63) is 64.8 Å². The van der Waals surface area contributed by atoms with Crippen LogP contribution in [0.25, 0.3) is 5.57 Å². The molecule has 1 aliphatic carbocycles. The van der Waals surface area contributed by atoms with E-state index < -0.39 is 11.5 Å². The summed E-state index contributed by atoms with van der Waals surface area (Å²) in [7, 11) is 1.36. The highest BCUT2D eigenvalue weighted by atomic mass is 19.1. The highest BCUT2D eigenvalue weighted by molar-refractivity contribution is 5.94. The Kier molecular flexibility index (Phi) is 6.92. The van der Waals surface area contributed by atoms with E-state index in [0.717, 1.165) is 36.0 Å². The lowest BCUT2D eigenvalue weighted by Crippen LogP contribution is -2.44. The van der Waals surface area contributed by atoms with E-state index in [1.807, 2.05) is 31.2 Å². The molecule has 140 valence electrons. The Balaban J connectivity index is 2.52. The number of hydrogen-bond acceptors (Lipinski definition) is 3. The summed E-state index contributed by atoms with van der Waals surface area (Å²) in [6, 6.07) is 8.17. The van der Waals surface area contributed by atoms with Gasteiger partial charge in [0, 0.05) is 0 Å². The number of alkyl halides is 1. The third-order valence-electron chi connectivity index (χ3n) is 4.90. The monoisotopic (exact) mass is 357 g/mol. The average molecular weight is 357 g/mol. The lowest BCUT2D eigenvalue weighted by atomic mass is 9.76. The second-order valence-corrected chi connectivity index (χ2v) is 6.68. The van der Waals surface area contributed by atoms with Crippen LogP contribution in [0.4, 0.5) is 4.39 Å². The number of rotatable bonds is 7. The number of nitrogens with two attached hydrogens (primary N) is 1. The zero-order chi connectivity index (χ0) is 19.2. The summed E-state index contributed by atoms with van der Waals surface area (Å²) in [6.45, 7) is 3.64. The smallest absolute Gasteiger partial charge is 0.335 e. The molecule has 0 heterocycles. The molecule has 0 fully saturated rings. The number of methoxy groups -OCH3 is 1. The van der Waals surface area contributed by atoms with Crippen molar-refractivity contribution in [3.63, 3.8) is 0 Å². The van der Waals surface area contributed by atoms with Crippen LogP contribution in [-0.4, -0.2) is 25.3 Å². The first-order chi connectivity index (χ1) is 12.5. The zero-order valence-corrected chi connectivity index (χ0v) is 15.8. The van der Waals surface area contributed by atoms with Crippen molar-refractivity contribution in [2.45, 2.75) is 45.1 Å². The Labute approximate surface area is 155 Å². The Morgan fingerprint density at radius 3 is 2.65 bits per heavy atom. The summed E-state index contributed by atoms with van der Waals surface area (Å²) < 4.78 is 17.4. The number of hydrogen-bond donors (Lipinski definition) is 1. The van der Waals surface area contributed by atoms with Crippen LogP contribution in [0.3, 0.4) is 0 Å². The Hall–Kier alpha value is -2.20. The maximum Gasteiger partial charge on any atom is 0.335 e. The molecule has 3 nitrogen and oxygen atoms in total. The number of carbonyl (C=O) groups excluding carboxylic acids is 1.